The van der Waals surface area contributed by atoms with Crippen LogP contribution in [0.2, 0.25) is 0 Å². The van der Waals surface area contributed by atoms with Crippen LogP contribution in [-0.4, -0.2) is 11.3 Å². The summed E-state index contributed by atoms with van der Waals surface area (Å²) in [5, 5.41) is 6.89. The van der Waals surface area contributed by atoms with Crippen molar-refractivity contribution >= 4 is 17.3 Å². The van der Waals surface area contributed by atoms with E-state index in [2.05, 4.69) is 20.8 Å². The molecule has 2 heteroatoms. The molecule has 0 aromatic heterocycles. The van der Waals surface area contributed by atoms with Gasteiger partial charge in [0.25, 0.3) is 0 Å². The predicted octanol–water partition coefficient (Wildman–Crippen LogP) is 3.40. The third-order valence-electron chi connectivity index (χ3n) is 1.80. The standard InChI is InChI=1S/C9H19NS/c1-4-9(5-8(2)3)6-11-7-10/h7-10H,4-6H2,1-3H3. The summed E-state index contributed by atoms with van der Waals surface area (Å²) in [5.41, 5.74) is 1.45. The molecule has 0 bridgehead atoms. The number of rotatable bonds is 6. The summed E-state index contributed by atoms with van der Waals surface area (Å²) in [6, 6.07) is 0. The average Bonchev–Trinajstić information content (AvgIpc) is 1.97. The van der Waals surface area contributed by atoms with Gasteiger partial charge in [-0.2, -0.15) is 0 Å². The number of thioether (sulfide) groups is 1. The van der Waals surface area contributed by atoms with E-state index < -0.39 is 0 Å². The largest absolute Gasteiger partial charge is 0.302 e. The summed E-state index contributed by atoms with van der Waals surface area (Å²) in [6.07, 6.45) is 2.55. The van der Waals surface area contributed by atoms with Gasteiger partial charge in [-0.3, -0.25) is 0 Å². The molecule has 0 aliphatic carbocycles. The molecule has 0 aromatic carbocycles. The lowest BCUT2D eigenvalue weighted by Gasteiger charge is -2.14. The molecule has 0 fully saturated rings. The molecule has 0 rings (SSSR count). The summed E-state index contributed by atoms with van der Waals surface area (Å²) in [5.74, 6) is 2.73. The fraction of sp³-hybridized carbons (Fsp3) is 0.889. The minimum Gasteiger partial charge on any atom is -0.302 e. The van der Waals surface area contributed by atoms with Crippen molar-refractivity contribution in [2.45, 2.75) is 33.6 Å². The van der Waals surface area contributed by atoms with E-state index in [9.17, 15) is 0 Å². The molecule has 0 aromatic rings. The molecule has 0 saturated heterocycles. The monoisotopic (exact) mass is 173 g/mol. The van der Waals surface area contributed by atoms with E-state index in [4.69, 9.17) is 5.41 Å². The van der Waals surface area contributed by atoms with Gasteiger partial charge in [-0.05, 0) is 18.3 Å². The van der Waals surface area contributed by atoms with E-state index in [1.54, 1.807) is 11.8 Å². The molecule has 0 aliphatic rings. The third-order valence-corrected chi connectivity index (χ3v) is 2.63. The molecular formula is C9H19NS. The maximum Gasteiger partial charge on any atom is 0.0506 e. The van der Waals surface area contributed by atoms with Gasteiger partial charge in [0.2, 0.25) is 0 Å². The highest BCUT2D eigenvalue weighted by atomic mass is 32.2. The quantitative estimate of drug-likeness (QED) is 0.483. The van der Waals surface area contributed by atoms with E-state index in [0.717, 1.165) is 17.6 Å². The van der Waals surface area contributed by atoms with Gasteiger partial charge in [-0.25, -0.2) is 0 Å². The van der Waals surface area contributed by atoms with E-state index in [-0.39, 0.29) is 0 Å². The smallest absolute Gasteiger partial charge is 0.0506 e. The van der Waals surface area contributed by atoms with Crippen molar-refractivity contribution in [2.24, 2.45) is 11.8 Å². The zero-order chi connectivity index (χ0) is 8.69. The molecule has 66 valence electrons. The van der Waals surface area contributed by atoms with Crippen LogP contribution in [0, 0.1) is 17.2 Å². The first-order chi connectivity index (χ1) is 5.20. The Kier molecular flexibility index (Phi) is 6.73. The first-order valence-electron chi connectivity index (χ1n) is 4.31. The fourth-order valence-corrected chi connectivity index (χ4v) is 1.94. The minimum atomic E-state index is 0.797. The second-order valence-electron chi connectivity index (χ2n) is 3.36. The van der Waals surface area contributed by atoms with E-state index in [1.807, 2.05) is 0 Å². The van der Waals surface area contributed by atoms with E-state index in [0.29, 0.717) is 0 Å². The SMILES string of the molecule is CCC(CSC=N)CC(C)C. The first-order valence-corrected chi connectivity index (χ1v) is 5.36. The summed E-state index contributed by atoms with van der Waals surface area (Å²) in [6.45, 7) is 6.76. The Morgan fingerprint density at radius 2 is 2.09 bits per heavy atom. The molecule has 0 heterocycles. The Hall–Kier alpha value is 0.0200. The molecule has 1 nitrogen and oxygen atoms in total. The Morgan fingerprint density at radius 3 is 2.45 bits per heavy atom. The van der Waals surface area contributed by atoms with Crippen molar-refractivity contribution in [1.82, 2.24) is 0 Å². The average molecular weight is 173 g/mol. The summed E-state index contributed by atoms with van der Waals surface area (Å²) >= 11 is 1.62. The lowest BCUT2D eigenvalue weighted by atomic mass is 9.97. The van der Waals surface area contributed by atoms with Gasteiger partial charge in [0.15, 0.2) is 0 Å². The van der Waals surface area contributed by atoms with E-state index >= 15 is 0 Å². The maximum atomic E-state index is 6.89. The van der Waals surface area contributed by atoms with Gasteiger partial charge in [-0.1, -0.05) is 27.2 Å². The number of hydrogen-bond donors (Lipinski definition) is 1. The van der Waals surface area contributed by atoms with Crippen molar-refractivity contribution in [1.29, 1.82) is 5.41 Å². The van der Waals surface area contributed by atoms with Gasteiger partial charge < -0.3 is 5.41 Å². The van der Waals surface area contributed by atoms with Crippen molar-refractivity contribution in [2.75, 3.05) is 5.75 Å². The molecule has 0 aliphatic heterocycles. The van der Waals surface area contributed by atoms with Crippen molar-refractivity contribution < 1.29 is 0 Å². The summed E-state index contributed by atoms with van der Waals surface area (Å²) < 4.78 is 0. The van der Waals surface area contributed by atoms with Crippen molar-refractivity contribution in [3.63, 3.8) is 0 Å². The van der Waals surface area contributed by atoms with Gasteiger partial charge in [0.1, 0.15) is 0 Å². The Bertz CT molecular complexity index is 102. The molecule has 0 radical (unpaired) electrons. The van der Waals surface area contributed by atoms with Crippen LogP contribution >= 0.6 is 11.8 Å². The highest BCUT2D eigenvalue weighted by Crippen LogP contribution is 2.18. The lowest BCUT2D eigenvalue weighted by Crippen LogP contribution is -2.06. The highest BCUT2D eigenvalue weighted by Gasteiger charge is 2.07. The van der Waals surface area contributed by atoms with Gasteiger partial charge >= 0.3 is 0 Å². The van der Waals surface area contributed by atoms with Gasteiger partial charge in [-0.15, -0.1) is 11.8 Å². The van der Waals surface area contributed by atoms with Crippen LogP contribution in [0.1, 0.15) is 33.6 Å². The fourth-order valence-electron chi connectivity index (χ4n) is 1.20. The lowest BCUT2D eigenvalue weighted by molar-refractivity contribution is 0.435. The van der Waals surface area contributed by atoms with Gasteiger partial charge in [0, 0.05) is 5.75 Å². The Balaban J connectivity index is 3.48. The summed E-state index contributed by atoms with van der Waals surface area (Å²) in [4.78, 5) is 0. The molecule has 1 N–H and O–H groups in total. The third kappa shape index (κ3) is 6.42. The zero-order valence-electron chi connectivity index (χ0n) is 7.76. The van der Waals surface area contributed by atoms with Crippen LogP contribution in [0.3, 0.4) is 0 Å². The highest BCUT2D eigenvalue weighted by molar-refractivity contribution is 8.11. The van der Waals surface area contributed by atoms with Crippen molar-refractivity contribution in [3.8, 4) is 0 Å². The van der Waals surface area contributed by atoms with Gasteiger partial charge in [0.05, 0.1) is 5.55 Å². The summed E-state index contributed by atoms with van der Waals surface area (Å²) in [7, 11) is 0. The van der Waals surface area contributed by atoms with Crippen LogP contribution in [0.25, 0.3) is 0 Å². The Morgan fingerprint density at radius 1 is 1.45 bits per heavy atom. The molecule has 1 atom stereocenters. The van der Waals surface area contributed by atoms with Crippen LogP contribution < -0.4 is 0 Å². The predicted molar refractivity (Wildman–Crippen MR) is 54.5 cm³/mol. The molecule has 1 unspecified atom stereocenters. The first kappa shape index (κ1) is 11.0. The second kappa shape index (κ2) is 6.71. The van der Waals surface area contributed by atoms with Crippen LogP contribution in [0.5, 0.6) is 0 Å². The van der Waals surface area contributed by atoms with Crippen LogP contribution in [-0.2, 0) is 0 Å². The van der Waals surface area contributed by atoms with Crippen molar-refractivity contribution in [3.05, 3.63) is 0 Å². The molecule has 0 amide bonds. The zero-order valence-corrected chi connectivity index (χ0v) is 8.58. The molecule has 0 saturated carbocycles. The number of hydrogen-bond acceptors (Lipinski definition) is 2. The molecular weight excluding hydrogens is 154 g/mol. The van der Waals surface area contributed by atoms with E-state index in [1.165, 1.54) is 18.4 Å². The van der Waals surface area contributed by atoms with Crippen LogP contribution in [0.4, 0.5) is 0 Å². The molecule has 0 spiro atoms. The minimum absolute atomic E-state index is 0.797. The Labute approximate surface area is 74.5 Å². The molecule has 11 heavy (non-hydrogen) atoms. The second-order valence-corrected chi connectivity index (χ2v) is 4.26. The number of nitrogens with one attached hydrogen (secondary N) is 1. The maximum absolute atomic E-state index is 6.89. The normalized spacial score (nSPS) is 13.5. The van der Waals surface area contributed by atoms with Crippen LogP contribution in [0.15, 0.2) is 0 Å². The topological polar surface area (TPSA) is 23.9 Å².